The molecule has 6 nitrogen and oxygen atoms in total. The summed E-state index contributed by atoms with van der Waals surface area (Å²) in [5.74, 6) is 0. The van der Waals surface area contributed by atoms with Crippen LogP contribution in [0.15, 0.2) is 34.2 Å². The first kappa shape index (κ1) is 15.7. The van der Waals surface area contributed by atoms with E-state index in [-0.39, 0.29) is 11.9 Å². The first-order valence-corrected chi connectivity index (χ1v) is 8.37. The first-order valence-electron chi connectivity index (χ1n) is 7.15. The van der Waals surface area contributed by atoms with Gasteiger partial charge in [-0.05, 0) is 12.7 Å². The van der Waals surface area contributed by atoms with E-state index in [1.54, 1.807) is 0 Å². The summed E-state index contributed by atoms with van der Waals surface area (Å²) in [5, 5.41) is 9.70. The maximum Gasteiger partial charge on any atom is 0.270 e. The number of nitriles is 1. The maximum atomic E-state index is 12.0. The van der Waals surface area contributed by atoms with Crippen LogP contribution in [0.4, 0.5) is 0 Å². The zero-order valence-corrected chi connectivity index (χ0v) is 13.4. The van der Waals surface area contributed by atoms with Gasteiger partial charge in [-0.25, -0.2) is 4.98 Å². The Kier molecular flexibility index (Phi) is 4.76. The molecule has 0 spiro atoms. The molecule has 118 valence electrons. The fourth-order valence-electron chi connectivity index (χ4n) is 2.34. The number of nitrogens with one attached hydrogen (secondary N) is 1. The van der Waals surface area contributed by atoms with E-state index in [0.29, 0.717) is 29.6 Å². The number of benzene rings is 1. The average Bonchev–Trinajstić information content (AvgIpc) is 2.62. The quantitative estimate of drug-likeness (QED) is 0.687. The molecule has 3 rings (SSSR count). The molecule has 0 atom stereocenters. The van der Waals surface area contributed by atoms with Gasteiger partial charge >= 0.3 is 0 Å². The molecule has 2 aromatic rings. The summed E-state index contributed by atoms with van der Waals surface area (Å²) in [4.78, 5) is 18.9. The van der Waals surface area contributed by atoms with Crippen LogP contribution in [0, 0.1) is 11.3 Å². The largest absolute Gasteiger partial charge is 0.348 e. The van der Waals surface area contributed by atoms with Crippen LogP contribution in [0.2, 0.25) is 0 Å². The maximum absolute atomic E-state index is 12.0. The highest BCUT2D eigenvalue weighted by molar-refractivity contribution is 7.98. The number of hydrogen-bond donors (Lipinski definition) is 1. The zero-order chi connectivity index (χ0) is 16.2. The SMILES string of the molecule is CSc1nc(-c2ccc(C3OCCCO3)cc2)c(C#N)c(=O)[nH]1. The molecule has 0 aliphatic carbocycles. The lowest BCUT2D eigenvalue weighted by atomic mass is 10.1. The van der Waals surface area contributed by atoms with Crippen LogP contribution in [-0.2, 0) is 9.47 Å². The molecule has 23 heavy (non-hydrogen) atoms. The molecule has 0 saturated carbocycles. The Morgan fingerprint density at radius 2 is 2.00 bits per heavy atom. The molecule has 1 aromatic carbocycles. The van der Waals surface area contributed by atoms with Gasteiger partial charge in [0, 0.05) is 11.1 Å². The summed E-state index contributed by atoms with van der Waals surface area (Å²) in [5.41, 5.74) is 1.59. The standard InChI is InChI=1S/C16H15N3O3S/c1-23-16-18-13(12(9-17)14(20)19-16)10-3-5-11(6-4-10)15-21-7-2-8-22-15/h3-6,15H,2,7-8H2,1H3,(H,18,19,20). The highest BCUT2D eigenvalue weighted by Crippen LogP contribution is 2.26. The number of nitrogens with zero attached hydrogens (tertiary/aromatic N) is 2. The molecule has 2 heterocycles. The minimum Gasteiger partial charge on any atom is -0.348 e. The Hall–Kier alpha value is -2.14. The smallest absolute Gasteiger partial charge is 0.270 e. The van der Waals surface area contributed by atoms with Crippen molar-refractivity contribution in [3.05, 3.63) is 45.7 Å². The fourth-order valence-corrected chi connectivity index (χ4v) is 2.72. The van der Waals surface area contributed by atoms with Crippen molar-refractivity contribution >= 4 is 11.8 Å². The Labute approximate surface area is 137 Å². The summed E-state index contributed by atoms with van der Waals surface area (Å²) < 4.78 is 11.1. The van der Waals surface area contributed by atoms with Crippen molar-refractivity contribution in [3.8, 4) is 17.3 Å². The summed E-state index contributed by atoms with van der Waals surface area (Å²) >= 11 is 1.32. The molecule has 0 bridgehead atoms. The van der Waals surface area contributed by atoms with Crippen molar-refractivity contribution in [1.82, 2.24) is 9.97 Å². The Bertz CT molecular complexity index is 790. The second kappa shape index (κ2) is 6.96. The second-order valence-electron chi connectivity index (χ2n) is 4.96. The van der Waals surface area contributed by atoms with Gasteiger partial charge in [0.15, 0.2) is 11.4 Å². The summed E-state index contributed by atoms with van der Waals surface area (Å²) in [6.07, 6.45) is 2.35. The number of aromatic nitrogens is 2. The fraction of sp³-hybridized carbons (Fsp3) is 0.312. The molecule has 1 saturated heterocycles. The van der Waals surface area contributed by atoms with Gasteiger partial charge in [0.1, 0.15) is 11.6 Å². The first-order chi connectivity index (χ1) is 11.2. The molecular weight excluding hydrogens is 314 g/mol. The number of ether oxygens (including phenoxy) is 2. The monoisotopic (exact) mass is 329 g/mol. The van der Waals surface area contributed by atoms with Crippen LogP contribution in [0.1, 0.15) is 23.8 Å². The minimum atomic E-state index is -0.426. The third-order valence-corrected chi connectivity index (χ3v) is 4.07. The van der Waals surface area contributed by atoms with Gasteiger partial charge in [-0.15, -0.1) is 0 Å². The van der Waals surface area contributed by atoms with E-state index in [1.165, 1.54) is 11.8 Å². The Morgan fingerprint density at radius 1 is 1.30 bits per heavy atom. The molecule has 0 radical (unpaired) electrons. The lowest BCUT2D eigenvalue weighted by Crippen LogP contribution is -2.17. The molecule has 1 aliphatic rings. The van der Waals surface area contributed by atoms with Gasteiger partial charge in [-0.1, -0.05) is 36.0 Å². The number of thioether (sulfide) groups is 1. The Morgan fingerprint density at radius 3 is 2.61 bits per heavy atom. The van der Waals surface area contributed by atoms with E-state index in [2.05, 4.69) is 9.97 Å². The van der Waals surface area contributed by atoms with Gasteiger partial charge in [-0.2, -0.15) is 5.26 Å². The summed E-state index contributed by atoms with van der Waals surface area (Å²) in [7, 11) is 0. The second-order valence-corrected chi connectivity index (χ2v) is 5.75. The summed E-state index contributed by atoms with van der Waals surface area (Å²) in [6.45, 7) is 1.36. The van der Waals surface area contributed by atoms with Crippen LogP contribution < -0.4 is 5.56 Å². The van der Waals surface area contributed by atoms with Crippen LogP contribution >= 0.6 is 11.8 Å². The molecule has 0 amide bonds. The highest BCUT2D eigenvalue weighted by atomic mass is 32.2. The average molecular weight is 329 g/mol. The summed E-state index contributed by atoms with van der Waals surface area (Å²) in [6, 6.07) is 9.31. The molecule has 1 aromatic heterocycles. The van der Waals surface area contributed by atoms with Crippen molar-refractivity contribution in [2.75, 3.05) is 19.5 Å². The predicted octanol–water partition coefficient (Wildman–Crippen LogP) is 2.47. The van der Waals surface area contributed by atoms with Gasteiger partial charge in [0.05, 0.1) is 18.9 Å². The molecule has 1 N–H and O–H groups in total. The van der Waals surface area contributed by atoms with Crippen molar-refractivity contribution in [2.24, 2.45) is 0 Å². The molecule has 0 unspecified atom stereocenters. The molecule has 7 heteroatoms. The van der Waals surface area contributed by atoms with E-state index in [0.717, 1.165) is 12.0 Å². The number of aromatic amines is 1. The van der Waals surface area contributed by atoms with Gasteiger partial charge < -0.3 is 14.5 Å². The highest BCUT2D eigenvalue weighted by Gasteiger charge is 2.18. The van der Waals surface area contributed by atoms with Crippen molar-refractivity contribution < 1.29 is 9.47 Å². The van der Waals surface area contributed by atoms with Crippen LogP contribution in [-0.4, -0.2) is 29.4 Å². The normalized spacial score (nSPS) is 15.3. The van der Waals surface area contributed by atoms with Gasteiger partial charge in [0.25, 0.3) is 5.56 Å². The lowest BCUT2D eigenvalue weighted by molar-refractivity contribution is -0.183. The third-order valence-electron chi connectivity index (χ3n) is 3.49. The van der Waals surface area contributed by atoms with Crippen LogP contribution in [0.5, 0.6) is 0 Å². The predicted molar refractivity (Wildman–Crippen MR) is 86.1 cm³/mol. The zero-order valence-electron chi connectivity index (χ0n) is 12.5. The molecule has 1 fully saturated rings. The van der Waals surface area contributed by atoms with E-state index < -0.39 is 5.56 Å². The Balaban J connectivity index is 1.97. The number of rotatable bonds is 3. The van der Waals surface area contributed by atoms with E-state index in [4.69, 9.17) is 9.47 Å². The van der Waals surface area contributed by atoms with Crippen molar-refractivity contribution in [1.29, 1.82) is 5.26 Å². The van der Waals surface area contributed by atoms with E-state index in [1.807, 2.05) is 36.6 Å². The number of hydrogen-bond acceptors (Lipinski definition) is 6. The lowest BCUT2D eigenvalue weighted by Gasteiger charge is -2.23. The van der Waals surface area contributed by atoms with Crippen LogP contribution in [0.3, 0.4) is 0 Å². The van der Waals surface area contributed by atoms with E-state index in [9.17, 15) is 10.1 Å². The van der Waals surface area contributed by atoms with E-state index >= 15 is 0 Å². The molecular formula is C16H15N3O3S. The van der Waals surface area contributed by atoms with Crippen LogP contribution in [0.25, 0.3) is 11.3 Å². The van der Waals surface area contributed by atoms with Crippen molar-refractivity contribution in [2.45, 2.75) is 17.9 Å². The van der Waals surface area contributed by atoms with Gasteiger partial charge in [-0.3, -0.25) is 4.79 Å². The minimum absolute atomic E-state index is 0.0146. The number of H-pyrrole nitrogens is 1. The van der Waals surface area contributed by atoms with Crippen molar-refractivity contribution in [3.63, 3.8) is 0 Å². The molecule has 1 aliphatic heterocycles. The van der Waals surface area contributed by atoms with Gasteiger partial charge in [0.2, 0.25) is 0 Å². The third kappa shape index (κ3) is 3.29. The topological polar surface area (TPSA) is 88.0 Å².